The van der Waals surface area contributed by atoms with Crippen molar-refractivity contribution in [2.75, 3.05) is 5.32 Å². The summed E-state index contributed by atoms with van der Waals surface area (Å²) in [5, 5.41) is 2.54. The molecule has 0 aromatic heterocycles. The molecule has 1 aromatic rings. The Bertz CT molecular complexity index is 592. The molecule has 20 heavy (non-hydrogen) atoms. The summed E-state index contributed by atoms with van der Waals surface area (Å²) in [5.74, 6) is 0.270. The summed E-state index contributed by atoms with van der Waals surface area (Å²) in [7, 11) is -4.83. The molecule has 0 aliphatic heterocycles. The Hall–Kier alpha value is -1.43. The number of benzene rings is 1. The fourth-order valence-corrected chi connectivity index (χ4v) is 3.16. The largest absolute Gasteiger partial charge is 0.334 e. The van der Waals surface area contributed by atoms with Gasteiger partial charge in [-0.1, -0.05) is 19.1 Å². The van der Waals surface area contributed by atoms with Gasteiger partial charge in [0.05, 0.1) is 5.69 Å². The third kappa shape index (κ3) is 3.56. The van der Waals surface area contributed by atoms with Gasteiger partial charge in [0, 0.05) is 5.92 Å². The summed E-state index contributed by atoms with van der Waals surface area (Å²) in [4.78, 5) is 11.6. The van der Waals surface area contributed by atoms with Crippen molar-refractivity contribution >= 4 is 21.8 Å². The smallest absolute Gasteiger partial charge is 0.325 e. The number of carbonyl (C=O) groups is 1. The predicted octanol–water partition coefficient (Wildman–Crippen LogP) is 3.11. The summed E-state index contributed by atoms with van der Waals surface area (Å²) in [6.45, 7) is 2.15. The van der Waals surface area contributed by atoms with Crippen molar-refractivity contribution < 1.29 is 17.1 Å². The van der Waals surface area contributed by atoms with E-state index in [0.29, 0.717) is 5.92 Å². The van der Waals surface area contributed by atoms with Crippen molar-refractivity contribution in [3.05, 3.63) is 24.3 Å². The second-order valence-corrected chi connectivity index (χ2v) is 6.70. The molecule has 110 valence electrons. The van der Waals surface area contributed by atoms with E-state index < -0.39 is 15.1 Å². The first-order valence-corrected chi connectivity index (χ1v) is 8.11. The van der Waals surface area contributed by atoms with Gasteiger partial charge in [-0.15, -0.1) is 3.89 Å². The van der Waals surface area contributed by atoms with Gasteiger partial charge in [0.15, 0.2) is 0 Å². The van der Waals surface area contributed by atoms with Crippen LogP contribution in [0.1, 0.15) is 32.6 Å². The Morgan fingerprint density at radius 3 is 2.40 bits per heavy atom. The Morgan fingerprint density at radius 2 is 1.80 bits per heavy atom. The predicted molar refractivity (Wildman–Crippen MR) is 74.5 cm³/mol. The number of hydrogen-bond acceptors (Lipinski definition) is 3. The molecule has 1 fully saturated rings. The van der Waals surface area contributed by atoms with Crippen molar-refractivity contribution in [2.45, 2.75) is 37.5 Å². The summed E-state index contributed by atoms with van der Waals surface area (Å²) < 4.78 is 35.2. The van der Waals surface area contributed by atoms with Crippen LogP contribution in [0.4, 0.5) is 9.57 Å². The normalized spacial score (nSPS) is 23.3. The lowest BCUT2D eigenvalue weighted by atomic mass is 9.82. The minimum atomic E-state index is -4.83. The van der Waals surface area contributed by atoms with Crippen molar-refractivity contribution in [1.29, 1.82) is 0 Å². The lowest BCUT2D eigenvalue weighted by Crippen LogP contribution is -2.27. The van der Waals surface area contributed by atoms with Gasteiger partial charge in [-0.05, 0) is 43.7 Å². The topological polar surface area (TPSA) is 63.2 Å². The van der Waals surface area contributed by atoms with Gasteiger partial charge in [-0.2, -0.15) is 8.42 Å². The second-order valence-electron chi connectivity index (χ2n) is 5.38. The maximum atomic E-state index is 13.1. The highest BCUT2D eigenvalue weighted by Gasteiger charge is 2.26. The SMILES string of the molecule is CC1CCC(C(=O)Nc2ccccc2S(=O)(=O)F)CC1. The number of nitrogens with one attached hydrogen (secondary N) is 1. The first-order valence-electron chi connectivity index (χ1n) is 6.72. The third-order valence-corrected chi connectivity index (χ3v) is 4.68. The van der Waals surface area contributed by atoms with Gasteiger partial charge in [-0.3, -0.25) is 4.79 Å². The van der Waals surface area contributed by atoms with Gasteiger partial charge in [0.2, 0.25) is 5.91 Å². The first kappa shape index (κ1) is 15.0. The third-order valence-electron chi connectivity index (χ3n) is 3.79. The van der Waals surface area contributed by atoms with Crippen LogP contribution in [0.25, 0.3) is 0 Å². The maximum Gasteiger partial charge on any atom is 0.334 e. The van der Waals surface area contributed by atoms with E-state index >= 15 is 0 Å². The van der Waals surface area contributed by atoms with Gasteiger partial charge in [-0.25, -0.2) is 0 Å². The van der Waals surface area contributed by atoms with Crippen molar-refractivity contribution in [2.24, 2.45) is 11.8 Å². The van der Waals surface area contributed by atoms with Gasteiger partial charge in [0.25, 0.3) is 0 Å². The number of anilines is 1. The fourth-order valence-electron chi connectivity index (χ4n) is 2.54. The molecule has 2 rings (SSSR count). The monoisotopic (exact) mass is 299 g/mol. The molecule has 0 bridgehead atoms. The molecule has 0 spiro atoms. The van der Waals surface area contributed by atoms with Crippen molar-refractivity contribution in [3.63, 3.8) is 0 Å². The lowest BCUT2D eigenvalue weighted by Gasteiger charge is -2.25. The van der Waals surface area contributed by atoms with E-state index in [9.17, 15) is 17.1 Å². The van der Waals surface area contributed by atoms with E-state index in [4.69, 9.17) is 0 Å². The highest BCUT2D eigenvalue weighted by molar-refractivity contribution is 7.86. The van der Waals surface area contributed by atoms with E-state index in [1.165, 1.54) is 12.1 Å². The summed E-state index contributed by atoms with van der Waals surface area (Å²) in [6, 6.07) is 5.53. The van der Waals surface area contributed by atoms with E-state index in [-0.39, 0.29) is 17.5 Å². The first-order chi connectivity index (χ1) is 9.38. The minimum Gasteiger partial charge on any atom is -0.325 e. The highest BCUT2D eigenvalue weighted by Crippen LogP contribution is 2.30. The number of hydrogen-bond donors (Lipinski definition) is 1. The van der Waals surface area contributed by atoms with E-state index in [1.54, 1.807) is 6.07 Å². The number of halogens is 1. The van der Waals surface area contributed by atoms with Gasteiger partial charge >= 0.3 is 10.2 Å². The van der Waals surface area contributed by atoms with Crippen LogP contribution in [0.5, 0.6) is 0 Å². The zero-order chi connectivity index (χ0) is 14.8. The molecule has 1 aliphatic carbocycles. The molecule has 4 nitrogen and oxygen atoms in total. The van der Waals surface area contributed by atoms with Crippen LogP contribution in [0.2, 0.25) is 0 Å². The molecule has 1 N–H and O–H groups in total. The Kier molecular flexibility index (Phi) is 4.42. The van der Waals surface area contributed by atoms with Crippen LogP contribution in [-0.2, 0) is 15.0 Å². The van der Waals surface area contributed by atoms with Crippen LogP contribution in [0.15, 0.2) is 29.2 Å². The molecule has 0 atom stereocenters. The average molecular weight is 299 g/mol. The zero-order valence-electron chi connectivity index (χ0n) is 11.3. The number of carbonyl (C=O) groups excluding carboxylic acids is 1. The van der Waals surface area contributed by atoms with E-state index in [2.05, 4.69) is 12.2 Å². The molecule has 1 amide bonds. The standard InChI is InChI=1S/C14H18FNO3S/c1-10-6-8-11(9-7-10)14(17)16-12-4-2-3-5-13(12)20(15,18)19/h2-5,10-11H,6-9H2,1H3,(H,16,17). The zero-order valence-corrected chi connectivity index (χ0v) is 12.1. The highest BCUT2D eigenvalue weighted by atomic mass is 32.3. The van der Waals surface area contributed by atoms with Crippen LogP contribution in [0.3, 0.4) is 0 Å². The number of para-hydroxylation sites is 1. The van der Waals surface area contributed by atoms with Crippen LogP contribution in [-0.4, -0.2) is 14.3 Å². The molecule has 1 aromatic carbocycles. The summed E-state index contributed by atoms with van der Waals surface area (Å²) >= 11 is 0. The molecule has 6 heteroatoms. The second kappa shape index (κ2) is 5.91. The Morgan fingerprint density at radius 1 is 1.20 bits per heavy atom. The van der Waals surface area contributed by atoms with Crippen molar-refractivity contribution in [1.82, 2.24) is 0 Å². The Labute approximate surface area is 118 Å². The van der Waals surface area contributed by atoms with Crippen LogP contribution >= 0.6 is 0 Å². The molecule has 1 saturated carbocycles. The molecule has 0 heterocycles. The molecular formula is C14H18FNO3S. The lowest BCUT2D eigenvalue weighted by molar-refractivity contribution is -0.121. The van der Waals surface area contributed by atoms with Gasteiger partial charge < -0.3 is 5.32 Å². The average Bonchev–Trinajstić information content (AvgIpc) is 2.38. The molecule has 1 aliphatic rings. The van der Waals surface area contributed by atoms with E-state index in [1.807, 2.05) is 0 Å². The summed E-state index contributed by atoms with van der Waals surface area (Å²) in [6.07, 6.45) is 3.55. The summed E-state index contributed by atoms with van der Waals surface area (Å²) in [5.41, 5.74) is 0.0126. The quantitative estimate of drug-likeness (QED) is 0.872. The van der Waals surface area contributed by atoms with Crippen molar-refractivity contribution in [3.8, 4) is 0 Å². The fraction of sp³-hybridized carbons (Fsp3) is 0.500. The maximum absolute atomic E-state index is 13.1. The Balaban J connectivity index is 2.13. The molecule has 0 radical (unpaired) electrons. The number of amides is 1. The van der Waals surface area contributed by atoms with E-state index in [0.717, 1.165) is 31.7 Å². The van der Waals surface area contributed by atoms with Gasteiger partial charge in [0.1, 0.15) is 4.90 Å². The molecular weight excluding hydrogens is 281 g/mol. The van der Waals surface area contributed by atoms with Crippen LogP contribution in [0, 0.1) is 11.8 Å². The molecule has 0 saturated heterocycles. The van der Waals surface area contributed by atoms with Crippen LogP contribution < -0.4 is 5.32 Å². The number of rotatable bonds is 3. The minimum absolute atomic E-state index is 0.0126. The molecule has 0 unspecified atom stereocenters.